The molecule has 0 fully saturated rings. The van der Waals surface area contributed by atoms with Crippen molar-refractivity contribution in [3.8, 4) is 0 Å². The van der Waals surface area contributed by atoms with Gasteiger partial charge in [0, 0.05) is 23.7 Å². The second kappa shape index (κ2) is 8.23. The summed E-state index contributed by atoms with van der Waals surface area (Å²) in [7, 11) is -3.71. The molecule has 0 bridgehead atoms. The van der Waals surface area contributed by atoms with Crippen molar-refractivity contribution >= 4 is 33.2 Å². The van der Waals surface area contributed by atoms with Crippen LogP contribution in [0.4, 0.5) is 10.1 Å². The number of sulfonamides is 1. The first-order valence-corrected chi connectivity index (χ1v) is 9.03. The number of rotatable bonds is 7. The number of carbonyl (C=O) groups excluding carboxylic acids is 1. The number of amides is 1. The van der Waals surface area contributed by atoms with Gasteiger partial charge in [0.05, 0.1) is 4.90 Å². The number of benzene rings is 2. The van der Waals surface area contributed by atoms with Crippen LogP contribution in [0.3, 0.4) is 0 Å². The van der Waals surface area contributed by atoms with Crippen LogP contribution in [0, 0.1) is 5.82 Å². The van der Waals surface area contributed by atoms with Gasteiger partial charge in [-0.3, -0.25) is 4.79 Å². The minimum Gasteiger partial charge on any atom is -0.326 e. The highest BCUT2D eigenvalue weighted by atomic mass is 35.5. The molecule has 0 aliphatic carbocycles. The van der Waals surface area contributed by atoms with Crippen molar-refractivity contribution in [2.45, 2.75) is 17.7 Å². The summed E-state index contributed by atoms with van der Waals surface area (Å²) < 4.78 is 39.1. The van der Waals surface area contributed by atoms with E-state index in [9.17, 15) is 17.6 Å². The minimum absolute atomic E-state index is 0.0210. The first kappa shape index (κ1) is 18.4. The van der Waals surface area contributed by atoms with Crippen LogP contribution in [-0.4, -0.2) is 20.9 Å². The molecule has 0 saturated heterocycles. The molecule has 8 heteroatoms. The van der Waals surface area contributed by atoms with Crippen molar-refractivity contribution in [3.63, 3.8) is 0 Å². The van der Waals surface area contributed by atoms with Gasteiger partial charge in [0.15, 0.2) is 0 Å². The summed E-state index contributed by atoms with van der Waals surface area (Å²) in [5, 5.41) is 3.19. The average Bonchev–Trinajstić information content (AvgIpc) is 2.52. The van der Waals surface area contributed by atoms with Crippen molar-refractivity contribution in [2.75, 3.05) is 11.9 Å². The van der Waals surface area contributed by atoms with E-state index in [1.54, 1.807) is 24.3 Å². The van der Waals surface area contributed by atoms with Crippen LogP contribution in [0.15, 0.2) is 53.4 Å². The fourth-order valence-corrected chi connectivity index (χ4v) is 3.21. The van der Waals surface area contributed by atoms with Gasteiger partial charge in [0.2, 0.25) is 15.9 Å². The molecular formula is C16H16ClFN2O3S. The highest BCUT2D eigenvalue weighted by Crippen LogP contribution is 2.15. The van der Waals surface area contributed by atoms with Crippen molar-refractivity contribution in [1.82, 2.24) is 4.72 Å². The number of hydrogen-bond acceptors (Lipinski definition) is 3. The smallest absolute Gasteiger partial charge is 0.240 e. The highest BCUT2D eigenvalue weighted by Gasteiger charge is 2.13. The third-order valence-corrected chi connectivity index (χ3v) is 4.82. The maximum absolute atomic E-state index is 12.8. The molecule has 0 aliphatic rings. The van der Waals surface area contributed by atoms with E-state index in [1.165, 1.54) is 12.1 Å². The maximum atomic E-state index is 12.8. The van der Waals surface area contributed by atoms with Crippen molar-refractivity contribution in [1.29, 1.82) is 0 Å². The summed E-state index contributed by atoms with van der Waals surface area (Å²) in [5.74, 6) is -0.745. The predicted molar refractivity (Wildman–Crippen MR) is 90.9 cm³/mol. The Labute approximate surface area is 144 Å². The van der Waals surface area contributed by atoms with Gasteiger partial charge in [-0.1, -0.05) is 17.7 Å². The minimum atomic E-state index is -3.71. The SMILES string of the molecule is O=C(CCCNS(=O)(=O)c1ccc(F)cc1)Nc1cccc(Cl)c1. The van der Waals surface area contributed by atoms with Gasteiger partial charge >= 0.3 is 0 Å². The Morgan fingerprint density at radius 2 is 1.83 bits per heavy atom. The zero-order chi connectivity index (χ0) is 17.6. The maximum Gasteiger partial charge on any atom is 0.240 e. The molecule has 0 saturated carbocycles. The molecule has 0 spiro atoms. The number of hydrogen-bond donors (Lipinski definition) is 2. The first-order valence-electron chi connectivity index (χ1n) is 7.17. The number of halogens is 2. The van der Waals surface area contributed by atoms with E-state index in [0.717, 1.165) is 12.1 Å². The molecule has 0 aliphatic heterocycles. The van der Waals surface area contributed by atoms with E-state index in [-0.39, 0.29) is 23.8 Å². The fraction of sp³-hybridized carbons (Fsp3) is 0.188. The lowest BCUT2D eigenvalue weighted by Crippen LogP contribution is -2.25. The predicted octanol–water partition coefficient (Wildman–Crippen LogP) is 3.18. The summed E-state index contributed by atoms with van der Waals surface area (Å²) in [4.78, 5) is 11.8. The Balaban J connectivity index is 1.77. The molecule has 2 rings (SSSR count). The van der Waals surface area contributed by atoms with E-state index >= 15 is 0 Å². The first-order chi connectivity index (χ1) is 11.4. The van der Waals surface area contributed by atoms with Gasteiger partial charge in [-0.15, -0.1) is 0 Å². The van der Waals surface area contributed by atoms with Gasteiger partial charge in [0.1, 0.15) is 5.82 Å². The van der Waals surface area contributed by atoms with Gasteiger partial charge in [-0.05, 0) is 48.9 Å². The number of anilines is 1. The van der Waals surface area contributed by atoms with Crippen LogP contribution in [0.1, 0.15) is 12.8 Å². The zero-order valence-corrected chi connectivity index (χ0v) is 14.2. The lowest BCUT2D eigenvalue weighted by Gasteiger charge is -2.08. The van der Waals surface area contributed by atoms with Crippen LogP contribution in [0.5, 0.6) is 0 Å². The van der Waals surface area contributed by atoms with E-state index in [4.69, 9.17) is 11.6 Å². The summed E-state index contributed by atoms with van der Waals surface area (Å²) in [6.45, 7) is 0.0999. The zero-order valence-electron chi connectivity index (χ0n) is 12.6. The van der Waals surface area contributed by atoms with E-state index in [0.29, 0.717) is 17.1 Å². The molecule has 5 nitrogen and oxygen atoms in total. The summed E-state index contributed by atoms with van der Waals surface area (Å²) in [6.07, 6.45) is 0.477. The van der Waals surface area contributed by atoms with E-state index < -0.39 is 15.8 Å². The monoisotopic (exact) mass is 370 g/mol. The molecule has 0 atom stereocenters. The Bertz CT molecular complexity index is 810. The average molecular weight is 371 g/mol. The van der Waals surface area contributed by atoms with Crippen LogP contribution in [0.2, 0.25) is 5.02 Å². The third-order valence-electron chi connectivity index (χ3n) is 3.11. The van der Waals surface area contributed by atoms with Crippen molar-refractivity contribution in [3.05, 3.63) is 59.4 Å². The van der Waals surface area contributed by atoms with E-state index in [1.807, 2.05) is 0 Å². The molecule has 2 N–H and O–H groups in total. The van der Waals surface area contributed by atoms with Gasteiger partial charge in [-0.2, -0.15) is 0 Å². The molecular weight excluding hydrogens is 355 g/mol. The normalized spacial score (nSPS) is 11.2. The van der Waals surface area contributed by atoms with Gasteiger partial charge in [-0.25, -0.2) is 17.5 Å². The third kappa shape index (κ3) is 5.59. The molecule has 128 valence electrons. The van der Waals surface area contributed by atoms with Gasteiger partial charge < -0.3 is 5.32 Å². The molecule has 0 aromatic heterocycles. The Morgan fingerprint density at radius 1 is 1.12 bits per heavy atom. The second-order valence-electron chi connectivity index (χ2n) is 5.01. The Kier molecular flexibility index (Phi) is 6.30. The molecule has 0 heterocycles. The van der Waals surface area contributed by atoms with Crippen LogP contribution in [0.25, 0.3) is 0 Å². The summed E-state index contributed by atoms with van der Waals surface area (Å²) in [6, 6.07) is 11.3. The quantitative estimate of drug-likeness (QED) is 0.735. The standard InChI is InChI=1S/C16H16ClFN2O3S/c17-12-3-1-4-14(11-12)20-16(21)5-2-10-19-24(22,23)15-8-6-13(18)7-9-15/h1,3-4,6-9,11,19H,2,5,10H2,(H,20,21). The molecule has 0 unspecified atom stereocenters. The molecule has 24 heavy (non-hydrogen) atoms. The van der Waals surface area contributed by atoms with Crippen molar-refractivity contribution in [2.24, 2.45) is 0 Å². The lowest BCUT2D eigenvalue weighted by atomic mass is 10.2. The Morgan fingerprint density at radius 3 is 2.50 bits per heavy atom. The lowest BCUT2D eigenvalue weighted by molar-refractivity contribution is -0.116. The molecule has 0 radical (unpaired) electrons. The van der Waals surface area contributed by atoms with Crippen LogP contribution < -0.4 is 10.0 Å². The van der Waals surface area contributed by atoms with Crippen molar-refractivity contribution < 1.29 is 17.6 Å². The summed E-state index contributed by atoms with van der Waals surface area (Å²) in [5.41, 5.74) is 0.583. The fourth-order valence-electron chi connectivity index (χ4n) is 1.94. The molecule has 1 amide bonds. The molecule has 2 aromatic carbocycles. The van der Waals surface area contributed by atoms with Crippen LogP contribution >= 0.6 is 11.6 Å². The van der Waals surface area contributed by atoms with E-state index in [2.05, 4.69) is 10.0 Å². The molecule has 2 aromatic rings. The topological polar surface area (TPSA) is 75.3 Å². The summed E-state index contributed by atoms with van der Waals surface area (Å²) >= 11 is 5.82. The second-order valence-corrected chi connectivity index (χ2v) is 7.22. The largest absolute Gasteiger partial charge is 0.326 e. The Hall–Kier alpha value is -1.96. The van der Waals surface area contributed by atoms with Gasteiger partial charge in [0.25, 0.3) is 0 Å². The number of nitrogens with one attached hydrogen (secondary N) is 2. The van der Waals surface area contributed by atoms with Crippen LogP contribution in [-0.2, 0) is 14.8 Å². The highest BCUT2D eigenvalue weighted by molar-refractivity contribution is 7.89. The number of carbonyl (C=O) groups is 1.